The number of amides is 1. The number of β-amino-alcohol motifs (C(OH)–C–C–N with tert-alkyl or cyclic N) is 1. The van der Waals surface area contributed by atoms with Crippen molar-refractivity contribution in [1.29, 1.82) is 0 Å². The van der Waals surface area contributed by atoms with Gasteiger partial charge in [0.05, 0.1) is 18.9 Å². The molecule has 0 saturated carbocycles. The van der Waals surface area contributed by atoms with Crippen molar-refractivity contribution in [2.75, 3.05) is 27.2 Å². The Bertz CT molecular complexity index is 444. The molecular weight excluding hydrogens is 244 g/mol. The highest BCUT2D eigenvalue weighted by molar-refractivity contribution is 5.76. The number of hydrogen-bond acceptors (Lipinski definition) is 4. The summed E-state index contributed by atoms with van der Waals surface area (Å²) in [5.74, 6) is 0.910. The Balaban J connectivity index is 1.88. The third-order valence-electron chi connectivity index (χ3n) is 3.80. The number of aliphatic hydroxyl groups is 1. The Labute approximate surface area is 113 Å². The lowest BCUT2D eigenvalue weighted by molar-refractivity contribution is -0.132. The standard InChI is InChI=1S/C14H22N2O3/c1-10-4-5-19-13(10)9-16(3)14(18)6-11-7-15(2)8-12(11)17/h4-5,11-12,17H,6-9H2,1-3H3/t11-,12-/m1/s1. The normalized spacial score (nSPS) is 23.8. The largest absolute Gasteiger partial charge is 0.467 e. The number of carbonyl (C=O) groups excluding carboxylic acids is 1. The Morgan fingerprint density at radius 1 is 1.58 bits per heavy atom. The first-order valence-electron chi connectivity index (χ1n) is 6.61. The van der Waals surface area contributed by atoms with Crippen LogP contribution in [0.25, 0.3) is 0 Å². The van der Waals surface area contributed by atoms with E-state index in [1.54, 1.807) is 18.2 Å². The lowest BCUT2D eigenvalue weighted by Gasteiger charge is -2.20. The molecule has 106 valence electrons. The summed E-state index contributed by atoms with van der Waals surface area (Å²) in [6, 6.07) is 1.89. The molecule has 0 bridgehead atoms. The fourth-order valence-corrected chi connectivity index (χ4v) is 2.52. The fourth-order valence-electron chi connectivity index (χ4n) is 2.52. The summed E-state index contributed by atoms with van der Waals surface area (Å²) in [5.41, 5.74) is 1.06. The average Bonchev–Trinajstić information content (AvgIpc) is 2.86. The molecule has 1 saturated heterocycles. The molecule has 0 unspecified atom stereocenters. The summed E-state index contributed by atoms with van der Waals surface area (Å²) in [6.45, 7) is 3.88. The summed E-state index contributed by atoms with van der Waals surface area (Å²) in [4.78, 5) is 15.9. The highest BCUT2D eigenvalue weighted by atomic mass is 16.3. The third kappa shape index (κ3) is 3.36. The van der Waals surface area contributed by atoms with E-state index in [0.717, 1.165) is 17.9 Å². The zero-order valence-corrected chi connectivity index (χ0v) is 11.8. The molecule has 1 aliphatic heterocycles. The van der Waals surface area contributed by atoms with E-state index >= 15 is 0 Å². The first-order valence-corrected chi connectivity index (χ1v) is 6.61. The first kappa shape index (κ1) is 14.1. The second kappa shape index (κ2) is 5.75. The number of likely N-dealkylation sites (N-methyl/N-ethyl adjacent to an activating group) is 1. The van der Waals surface area contributed by atoms with E-state index in [0.29, 0.717) is 19.5 Å². The lowest BCUT2D eigenvalue weighted by atomic mass is 10.0. The van der Waals surface area contributed by atoms with Crippen molar-refractivity contribution in [3.05, 3.63) is 23.7 Å². The number of carbonyl (C=O) groups is 1. The quantitative estimate of drug-likeness (QED) is 0.878. The van der Waals surface area contributed by atoms with Gasteiger partial charge in [0.1, 0.15) is 5.76 Å². The minimum Gasteiger partial charge on any atom is -0.467 e. The number of hydrogen-bond donors (Lipinski definition) is 1. The topological polar surface area (TPSA) is 56.9 Å². The van der Waals surface area contributed by atoms with Gasteiger partial charge in [0.25, 0.3) is 0 Å². The van der Waals surface area contributed by atoms with Gasteiger partial charge in [-0.25, -0.2) is 0 Å². The molecule has 0 radical (unpaired) electrons. The van der Waals surface area contributed by atoms with Crippen LogP contribution in [0.4, 0.5) is 0 Å². The van der Waals surface area contributed by atoms with Gasteiger partial charge in [0, 0.05) is 32.5 Å². The maximum atomic E-state index is 12.1. The molecule has 19 heavy (non-hydrogen) atoms. The molecular formula is C14H22N2O3. The van der Waals surface area contributed by atoms with Crippen LogP contribution in [-0.2, 0) is 11.3 Å². The van der Waals surface area contributed by atoms with Crippen molar-refractivity contribution in [3.8, 4) is 0 Å². The molecule has 5 nitrogen and oxygen atoms in total. The van der Waals surface area contributed by atoms with Gasteiger partial charge in [-0.15, -0.1) is 0 Å². The minimum atomic E-state index is -0.396. The van der Waals surface area contributed by atoms with Crippen LogP contribution < -0.4 is 0 Å². The van der Waals surface area contributed by atoms with Gasteiger partial charge in [-0.05, 0) is 25.6 Å². The van der Waals surface area contributed by atoms with Crippen LogP contribution in [0.15, 0.2) is 16.7 Å². The predicted octanol–water partition coefficient (Wildman–Crippen LogP) is 0.859. The summed E-state index contributed by atoms with van der Waals surface area (Å²) < 4.78 is 5.34. The van der Waals surface area contributed by atoms with Gasteiger partial charge < -0.3 is 19.3 Å². The van der Waals surface area contributed by atoms with Crippen LogP contribution in [0.2, 0.25) is 0 Å². The zero-order valence-electron chi connectivity index (χ0n) is 11.8. The second-order valence-electron chi connectivity index (χ2n) is 5.53. The summed E-state index contributed by atoms with van der Waals surface area (Å²) in [7, 11) is 3.74. The molecule has 2 atom stereocenters. The van der Waals surface area contributed by atoms with E-state index < -0.39 is 6.10 Å². The van der Waals surface area contributed by atoms with Crippen molar-refractivity contribution in [2.24, 2.45) is 5.92 Å². The molecule has 0 aliphatic carbocycles. The number of rotatable bonds is 4. The number of likely N-dealkylation sites (tertiary alicyclic amines) is 1. The smallest absolute Gasteiger partial charge is 0.223 e. The highest BCUT2D eigenvalue weighted by Crippen LogP contribution is 2.20. The number of furan rings is 1. The maximum absolute atomic E-state index is 12.1. The van der Waals surface area contributed by atoms with E-state index in [1.807, 2.05) is 20.0 Å². The molecule has 1 aromatic rings. The van der Waals surface area contributed by atoms with Crippen LogP contribution in [0, 0.1) is 12.8 Å². The van der Waals surface area contributed by atoms with Gasteiger partial charge in [-0.2, -0.15) is 0 Å². The van der Waals surface area contributed by atoms with Crippen molar-refractivity contribution < 1.29 is 14.3 Å². The van der Waals surface area contributed by atoms with Gasteiger partial charge in [0.2, 0.25) is 5.91 Å². The van der Waals surface area contributed by atoms with E-state index in [1.165, 1.54) is 0 Å². The third-order valence-corrected chi connectivity index (χ3v) is 3.80. The van der Waals surface area contributed by atoms with Gasteiger partial charge in [0.15, 0.2) is 0 Å². The van der Waals surface area contributed by atoms with E-state index in [9.17, 15) is 9.90 Å². The SMILES string of the molecule is Cc1ccoc1CN(C)C(=O)C[C@@H]1CN(C)C[C@H]1O. The highest BCUT2D eigenvalue weighted by Gasteiger charge is 2.31. The Morgan fingerprint density at radius 2 is 2.32 bits per heavy atom. The molecule has 1 aromatic heterocycles. The van der Waals surface area contributed by atoms with Crippen LogP contribution in [-0.4, -0.2) is 54.1 Å². The molecule has 1 aliphatic rings. The molecule has 1 amide bonds. The van der Waals surface area contributed by atoms with Crippen molar-refractivity contribution in [2.45, 2.75) is 26.0 Å². The summed E-state index contributed by atoms with van der Waals surface area (Å²) in [5, 5.41) is 9.86. The van der Waals surface area contributed by atoms with Crippen molar-refractivity contribution in [1.82, 2.24) is 9.80 Å². The number of aliphatic hydroxyl groups excluding tert-OH is 1. The molecule has 1 fully saturated rings. The van der Waals surface area contributed by atoms with E-state index in [4.69, 9.17) is 4.42 Å². The molecule has 2 rings (SSSR count). The second-order valence-corrected chi connectivity index (χ2v) is 5.53. The molecule has 1 N–H and O–H groups in total. The lowest BCUT2D eigenvalue weighted by Crippen LogP contribution is -2.31. The van der Waals surface area contributed by atoms with Crippen LogP contribution in [0.1, 0.15) is 17.7 Å². The molecule has 5 heteroatoms. The number of nitrogens with zero attached hydrogens (tertiary/aromatic N) is 2. The zero-order chi connectivity index (χ0) is 14.0. The molecule has 2 heterocycles. The monoisotopic (exact) mass is 266 g/mol. The molecule has 0 spiro atoms. The summed E-state index contributed by atoms with van der Waals surface area (Å²) in [6.07, 6.45) is 1.63. The van der Waals surface area contributed by atoms with Crippen molar-refractivity contribution in [3.63, 3.8) is 0 Å². The predicted molar refractivity (Wildman–Crippen MR) is 71.5 cm³/mol. The summed E-state index contributed by atoms with van der Waals surface area (Å²) >= 11 is 0. The fraction of sp³-hybridized carbons (Fsp3) is 0.643. The van der Waals surface area contributed by atoms with E-state index in [2.05, 4.69) is 4.90 Å². The van der Waals surface area contributed by atoms with Gasteiger partial charge in [-0.1, -0.05) is 0 Å². The average molecular weight is 266 g/mol. The van der Waals surface area contributed by atoms with Crippen LogP contribution in [0.3, 0.4) is 0 Å². The van der Waals surface area contributed by atoms with Gasteiger partial charge in [-0.3, -0.25) is 4.79 Å². The van der Waals surface area contributed by atoms with Crippen molar-refractivity contribution >= 4 is 5.91 Å². The minimum absolute atomic E-state index is 0.0395. The Hall–Kier alpha value is -1.33. The van der Waals surface area contributed by atoms with E-state index in [-0.39, 0.29) is 11.8 Å². The maximum Gasteiger partial charge on any atom is 0.223 e. The Kier molecular flexibility index (Phi) is 4.27. The first-order chi connectivity index (χ1) is 8.97. The van der Waals surface area contributed by atoms with Gasteiger partial charge >= 0.3 is 0 Å². The molecule has 0 aromatic carbocycles. The van der Waals surface area contributed by atoms with Crippen LogP contribution in [0.5, 0.6) is 0 Å². The Morgan fingerprint density at radius 3 is 2.84 bits per heavy atom. The number of aryl methyl sites for hydroxylation is 1. The van der Waals surface area contributed by atoms with Crippen LogP contribution >= 0.6 is 0 Å².